The van der Waals surface area contributed by atoms with Gasteiger partial charge >= 0.3 is 0 Å². The molecule has 0 spiro atoms. The summed E-state index contributed by atoms with van der Waals surface area (Å²) in [6, 6.07) is 1.56. The minimum absolute atomic E-state index is 0.734. The molecule has 0 aliphatic carbocycles. The molecule has 18 heavy (non-hydrogen) atoms. The van der Waals surface area contributed by atoms with Crippen molar-refractivity contribution in [3.8, 4) is 11.8 Å². The first-order chi connectivity index (χ1) is 8.72. The standard InChI is InChI=1S/C16H28N2/c1-4-5-7-11-18-12-15-9-6-8-10-17(15)13-16(18)14(2)3/h14-16H,6-13H2,1-3H3. The first-order valence-corrected chi connectivity index (χ1v) is 7.60. The second-order valence-corrected chi connectivity index (χ2v) is 6.13. The Labute approximate surface area is 113 Å². The molecule has 0 saturated carbocycles. The lowest BCUT2D eigenvalue weighted by atomic mass is 9.92. The zero-order valence-electron chi connectivity index (χ0n) is 12.3. The molecular weight excluding hydrogens is 220 g/mol. The van der Waals surface area contributed by atoms with Crippen molar-refractivity contribution in [3.05, 3.63) is 0 Å². The molecule has 2 aliphatic heterocycles. The van der Waals surface area contributed by atoms with Gasteiger partial charge in [-0.05, 0) is 32.2 Å². The van der Waals surface area contributed by atoms with E-state index in [9.17, 15) is 0 Å². The number of piperidine rings is 1. The van der Waals surface area contributed by atoms with Gasteiger partial charge in [0, 0.05) is 38.1 Å². The minimum Gasteiger partial charge on any atom is -0.298 e. The smallest absolute Gasteiger partial charge is 0.0247 e. The zero-order chi connectivity index (χ0) is 13.0. The summed E-state index contributed by atoms with van der Waals surface area (Å²) in [5.41, 5.74) is 0. The summed E-state index contributed by atoms with van der Waals surface area (Å²) in [7, 11) is 0. The van der Waals surface area contributed by atoms with Crippen LogP contribution in [0.25, 0.3) is 0 Å². The van der Waals surface area contributed by atoms with Crippen LogP contribution in [0.5, 0.6) is 0 Å². The van der Waals surface area contributed by atoms with E-state index in [2.05, 4.69) is 35.5 Å². The van der Waals surface area contributed by atoms with Gasteiger partial charge in [-0.2, -0.15) is 0 Å². The molecule has 2 rings (SSSR count). The van der Waals surface area contributed by atoms with Crippen LogP contribution in [0.2, 0.25) is 0 Å². The van der Waals surface area contributed by atoms with Crippen molar-refractivity contribution in [2.45, 2.75) is 58.5 Å². The Morgan fingerprint density at radius 2 is 2.06 bits per heavy atom. The first-order valence-electron chi connectivity index (χ1n) is 7.60. The number of hydrogen-bond donors (Lipinski definition) is 0. The fourth-order valence-electron chi connectivity index (χ4n) is 3.48. The van der Waals surface area contributed by atoms with E-state index >= 15 is 0 Å². The molecule has 2 saturated heterocycles. The third kappa shape index (κ3) is 3.28. The highest BCUT2D eigenvalue weighted by molar-refractivity contribution is 4.98. The number of nitrogens with zero attached hydrogens (tertiary/aromatic N) is 2. The fourth-order valence-corrected chi connectivity index (χ4v) is 3.48. The molecule has 2 atom stereocenters. The molecule has 0 bridgehead atoms. The van der Waals surface area contributed by atoms with Crippen LogP contribution in [0.15, 0.2) is 0 Å². The number of rotatable bonds is 3. The predicted molar refractivity (Wildman–Crippen MR) is 77.5 cm³/mol. The molecule has 2 fully saturated rings. The maximum atomic E-state index is 3.22. The quantitative estimate of drug-likeness (QED) is 0.708. The highest BCUT2D eigenvalue weighted by atomic mass is 15.3. The lowest BCUT2D eigenvalue weighted by molar-refractivity contribution is -0.00618. The molecule has 2 nitrogen and oxygen atoms in total. The average Bonchev–Trinajstić information content (AvgIpc) is 2.38. The summed E-state index contributed by atoms with van der Waals surface area (Å²) >= 11 is 0. The highest BCUT2D eigenvalue weighted by Gasteiger charge is 2.35. The van der Waals surface area contributed by atoms with E-state index in [1.165, 1.54) is 38.9 Å². The number of piperazine rings is 1. The molecule has 2 heterocycles. The normalized spacial score (nSPS) is 29.8. The van der Waals surface area contributed by atoms with Gasteiger partial charge in [-0.15, -0.1) is 11.8 Å². The van der Waals surface area contributed by atoms with Gasteiger partial charge in [0.25, 0.3) is 0 Å². The second kappa shape index (κ2) is 6.59. The Kier molecular flexibility index (Phi) is 5.09. The van der Waals surface area contributed by atoms with Crippen molar-refractivity contribution in [1.29, 1.82) is 0 Å². The van der Waals surface area contributed by atoms with Crippen molar-refractivity contribution < 1.29 is 0 Å². The van der Waals surface area contributed by atoms with Gasteiger partial charge in [-0.3, -0.25) is 9.80 Å². The maximum absolute atomic E-state index is 3.22. The molecule has 0 amide bonds. The summed E-state index contributed by atoms with van der Waals surface area (Å²) in [6.07, 6.45) is 5.27. The van der Waals surface area contributed by atoms with Crippen molar-refractivity contribution in [1.82, 2.24) is 9.80 Å². The summed E-state index contributed by atoms with van der Waals surface area (Å²) in [6.45, 7) is 11.7. The van der Waals surface area contributed by atoms with Crippen molar-refractivity contribution in [2.24, 2.45) is 5.92 Å². The van der Waals surface area contributed by atoms with Crippen LogP contribution < -0.4 is 0 Å². The third-order valence-electron chi connectivity index (χ3n) is 4.56. The molecule has 2 heteroatoms. The Bertz CT molecular complexity index is 313. The summed E-state index contributed by atoms with van der Waals surface area (Å²) in [5.74, 6) is 6.99. The summed E-state index contributed by atoms with van der Waals surface area (Å²) < 4.78 is 0. The van der Waals surface area contributed by atoms with Crippen LogP contribution in [-0.4, -0.2) is 48.1 Å². The molecule has 0 aromatic rings. The van der Waals surface area contributed by atoms with E-state index in [1.54, 1.807) is 0 Å². The fraction of sp³-hybridized carbons (Fsp3) is 0.875. The summed E-state index contributed by atoms with van der Waals surface area (Å²) in [5, 5.41) is 0. The molecule has 2 unspecified atom stereocenters. The molecule has 0 N–H and O–H groups in total. The van der Waals surface area contributed by atoms with Crippen LogP contribution in [0.4, 0.5) is 0 Å². The van der Waals surface area contributed by atoms with Gasteiger partial charge in [0.1, 0.15) is 0 Å². The van der Waals surface area contributed by atoms with Crippen LogP contribution in [0.3, 0.4) is 0 Å². The lowest BCUT2D eigenvalue weighted by Crippen LogP contribution is -2.61. The van der Waals surface area contributed by atoms with Gasteiger partial charge in [-0.1, -0.05) is 20.3 Å². The van der Waals surface area contributed by atoms with E-state index < -0.39 is 0 Å². The number of hydrogen-bond acceptors (Lipinski definition) is 2. The van der Waals surface area contributed by atoms with E-state index in [0.29, 0.717) is 0 Å². The third-order valence-corrected chi connectivity index (χ3v) is 4.56. The molecule has 102 valence electrons. The van der Waals surface area contributed by atoms with E-state index in [4.69, 9.17) is 0 Å². The Hall–Kier alpha value is -0.520. The molecule has 0 radical (unpaired) electrons. The van der Waals surface area contributed by atoms with Crippen LogP contribution >= 0.6 is 0 Å². The van der Waals surface area contributed by atoms with Crippen molar-refractivity contribution in [3.63, 3.8) is 0 Å². The van der Waals surface area contributed by atoms with Gasteiger partial charge in [0.05, 0.1) is 0 Å². The van der Waals surface area contributed by atoms with Gasteiger partial charge in [-0.25, -0.2) is 0 Å². The second-order valence-electron chi connectivity index (χ2n) is 6.13. The average molecular weight is 248 g/mol. The van der Waals surface area contributed by atoms with E-state index in [-0.39, 0.29) is 0 Å². The molecular formula is C16H28N2. The van der Waals surface area contributed by atoms with Crippen molar-refractivity contribution >= 4 is 0 Å². The monoisotopic (exact) mass is 248 g/mol. The minimum atomic E-state index is 0.734. The topological polar surface area (TPSA) is 6.48 Å². The number of fused-ring (bicyclic) bond motifs is 1. The van der Waals surface area contributed by atoms with Gasteiger partial charge in [0.2, 0.25) is 0 Å². The largest absolute Gasteiger partial charge is 0.298 e. The van der Waals surface area contributed by atoms with E-state index in [1.807, 2.05) is 6.92 Å². The van der Waals surface area contributed by atoms with Crippen LogP contribution in [-0.2, 0) is 0 Å². The summed E-state index contributed by atoms with van der Waals surface area (Å²) in [4.78, 5) is 5.46. The van der Waals surface area contributed by atoms with Crippen LogP contribution in [0, 0.1) is 17.8 Å². The SMILES string of the molecule is CC#CCCN1CC2CCCCN2CC1C(C)C. The Morgan fingerprint density at radius 3 is 2.78 bits per heavy atom. The first kappa shape index (κ1) is 13.9. The Balaban J connectivity index is 1.97. The van der Waals surface area contributed by atoms with E-state index in [0.717, 1.165) is 31.0 Å². The molecule has 0 aromatic heterocycles. The van der Waals surface area contributed by atoms with Crippen LogP contribution in [0.1, 0.15) is 46.5 Å². The van der Waals surface area contributed by atoms with Crippen molar-refractivity contribution in [2.75, 3.05) is 26.2 Å². The van der Waals surface area contributed by atoms with Gasteiger partial charge < -0.3 is 0 Å². The molecule has 2 aliphatic rings. The highest BCUT2D eigenvalue weighted by Crippen LogP contribution is 2.26. The zero-order valence-corrected chi connectivity index (χ0v) is 12.3. The Morgan fingerprint density at radius 1 is 1.22 bits per heavy atom. The van der Waals surface area contributed by atoms with Gasteiger partial charge in [0.15, 0.2) is 0 Å². The maximum Gasteiger partial charge on any atom is 0.0247 e. The molecule has 0 aromatic carbocycles. The predicted octanol–water partition coefficient (Wildman–Crippen LogP) is 2.59. The lowest BCUT2D eigenvalue weighted by Gasteiger charge is -2.49.